The van der Waals surface area contributed by atoms with E-state index in [1.807, 2.05) is 0 Å². The lowest BCUT2D eigenvalue weighted by molar-refractivity contribution is 0.414. The van der Waals surface area contributed by atoms with Gasteiger partial charge in [-0.25, -0.2) is 17.2 Å². The summed E-state index contributed by atoms with van der Waals surface area (Å²) in [5.74, 6) is -1.73. The van der Waals surface area contributed by atoms with Crippen LogP contribution in [0.2, 0.25) is 0 Å². The van der Waals surface area contributed by atoms with Gasteiger partial charge in [0.25, 0.3) is 10.0 Å². The van der Waals surface area contributed by atoms with Crippen molar-refractivity contribution in [3.63, 3.8) is 0 Å². The molecule has 0 radical (unpaired) electrons. The minimum Gasteiger partial charge on any atom is -0.497 e. The van der Waals surface area contributed by atoms with Crippen LogP contribution in [-0.4, -0.2) is 15.5 Å². The molecule has 0 aliphatic carbocycles. The molecule has 2 aromatic carbocycles. The lowest BCUT2D eigenvalue weighted by Gasteiger charge is -2.11. The smallest absolute Gasteiger partial charge is 0.262 e. The Bertz CT molecular complexity index is 776. The highest BCUT2D eigenvalue weighted by Gasteiger charge is 2.17. The number of aryl methyl sites for hydroxylation is 1. The third-order valence-electron chi connectivity index (χ3n) is 2.88. The second-order valence-electron chi connectivity index (χ2n) is 4.36. The Labute approximate surface area is 121 Å². The number of hydrogen-bond donors (Lipinski definition) is 1. The normalized spacial score (nSPS) is 11.2. The summed E-state index contributed by atoms with van der Waals surface area (Å²) in [6.07, 6.45) is 0. The lowest BCUT2D eigenvalue weighted by Crippen LogP contribution is -2.14. The van der Waals surface area contributed by atoms with E-state index in [1.54, 1.807) is 19.1 Å². The predicted octanol–water partition coefficient (Wildman–Crippen LogP) is 3.08. The van der Waals surface area contributed by atoms with Crippen molar-refractivity contribution in [2.75, 3.05) is 11.8 Å². The number of methoxy groups -OCH3 is 1. The van der Waals surface area contributed by atoms with Crippen LogP contribution in [0.1, 0.15) is 5.56 Å². The molecule has 0 aliphatic rings. The second kappa shape index (κ2) is 5.69. The first-order valence-electron chi connectivity index (χ1n) is 5.96. The van der Waals surface area contributed by atoms with E-state index >= 15 is 0 Å². The van der Waals surface area contributed by atoms with Crippen LogP contribution >= 0.6 is 0 Å². The molecule has 21 heavy (non-hydrogen) atoms. The van der Waals surface area contributed by atoms with Crippen molar-refractivity contribution in [3.05, 3.63) is 53.6 Å². The first kappa shape index (κ1) is 15.2. The standard InChI is InChI=1S/C14H13F2NO3S/c1-9-7-10(20-2)3-6-14(9)17-21(18,19)11-4-5-12(15)13(16)8-11/h3-8,17H,1-2H3. The van der Waals surface area contributed by atoms with Crippen molar-refractivity contribution in [3.8, 4) is 5.75 Å². The van der Waals surface area contributed by atoms with Crippen molar-refractivity contribution in [2.45, 2.75) is 11.8 Å². The van der Waals surface area contributed by atoms with Crippen molar-refractivity contribution < 1.29 is 21.9 Å². The van der Waals surface area contributed by atoms with E-state index in [2.05, 4.69) is 4.72 Å². The van der Waals surface area contributed by atoms with Gasteiger partial charge in [0.05, 0.1) is 17.7 Å². The van der Waals surface area contributed by atoms with Gasteiger partial charge in [0.15, 0.2) is 11.6 Å². The van der Waals surface area contributed by atoms with Gasteiger partial charge in [-0.15, -0.1) is 0 Å². The van der Waals surface area contributed by atoms with Crippen LogP contribution in [0.15, 0.2) is 41.3 Å². The van der Waals surface area contributed by atoms with Crippen molar-refractivity contribution in [1.82, 2.24) is 0 Å². The molecule has 0 bridgehead atoms. The molecule has 0 aromatic heterocycles. The van der Waals surface area contributed by atoms with E-state index in [1.165, 1.54) is 13.2 Å². The Hall–Kier alpha value is -2.15. The Morgan fingerprint density at radius 3 is 2.33 bits per heavy atom. The van der Waals surface area contributed by atoms with Crippen molar-refractivity contribution in [1.29, 1.82) is 0 Å². The van der Waals surface area contributed by atoms with Crippen LogP contribution in [0, 0.1) is 18.6 Å². The summed E-state index contributed by atoms with van der Waals surface area (Å²) in [5.41, 5.74) is 0.973. The Morgan fingerprint density at radius 2 is 1.76 bits per heavy atom. The number of halogens is 2. The predicted molar refractivity (Wildman–Crippen MR) is 74.9 cm³/mol. The highest BCUT2D eigenvalue weighted by Crippen LogP contribution is 2.24. The van der Waals surface area contributed by atoms with Crippen molar-refractivity contribution >= 4 is 15.7 Å². The third-order valence-corrected chi connectivity index (χ3v) is 4.24. The Balaban J connectivity index is 2.35. The van der Waals surface area contributed by atoms with Crippen LogP contribution in [0.5, 0.6) is 5.75 Å². The summed E-state index contributed by atoms with van der Waals surface area (Å²) in [4.78, 5) is -0.350. The van der Waals surface area contributed by atoms with Crippen LogP contribution in [0.25, 0.3) is 0 Å². The zero-order valence-corrected chi connectivity index (χ0v) is 12.2. The SMILES string of the molecule is COc1ccc(NS(=O)(=O)c2ccc(F)c(F)c2)c(C)c1. The molecular formula is C14H13F2NO3S. The zero-order chi connectivity index (χ0) is 15.6. The lowest BCUT2D eigenvalue weighted by atomic mass is 10.2. The molecule has 0 fully saturated rings. The molecule has 0 unspecified atom stereocenters. The minimum absolute atomic E-state index is 0.334. The van der Waals surface area contributed by atoms with Crippen LogP contribution in [0.3, 0.4) is 0 Å². The van der Waals surface area contributed by atoms with Gasteiger partial charge in [-0.1, -0.05) is 0 Å². The average molecular weight is 313 g/mol. The van der Waals surface area contributed by atoms with Crippen LogP contribution < -0.4 is 9.46 Å². The molecule has 2 rings (SSSR count). The van der Waals surface area contributed by atoms with Gasteiger partial charge < -0.3 is 4.74 Å². The first-order chi connectivity index (χ1) is 9.83. The van der Waals surface area contributed by atoms with Gasteiger partial charge in [-0.05, 0) is 48.9 Å². The maximum atomic E-state index is 13.1. The Morgan fingerprint density at radius 1 is 1.05 bits per heavy atom. The third kappa shape index (κ3) is 3.30. The molecule has 0 saturated carbocycles. The minimum atomic E-state index is -3.99. The molecule has 0 aliphatic heterocycles. The van der Waals surface area contributed by atoms with Crippen LogP contribution in [0.4, 0.5) is 14.5 Å². The number of benzene rings is 2. The highest BCUT2D eigenvalue weighted by atomic mass is 32.2. The molecule has 2 aromatic rings. The summed E-state index contributed by atoms with van der Waals surface area (Å²) in [7, 11) is -2.49. The largest absolute Gasteiger partial charge is 0.497 e. The maximum Gasteiger partial charge on any atom is 0.262 e. The van der Waals surface area contributed by atoms with E-state index in [9.17, 15) is 17.2 Å². The molecule has 0 atom stereocenters. The summed E-state index contributed by atoms with van der Waals surface area (Å²) in [6, 6.07) is 7.19. The zero-order valence-electron chi connectivity index (χ0n) is 11.4. The number of rotatable bonds is 4. The van der Waals surface area contributed by atoms with E-state index in [-0.39, 0.29) is 4.90 Å². The molecule has 0 heterocycles. The Kier molecular flexibility index (Phi) is 4.13. The highest BCUT2D eigenvalue weighted by molar-refractivity contribution is 7.92. The van der Waals surface area contributed by atoms with E-state index in [4.69, 9.17) is 4.74 Å². The first-order valence-corrected chi connectivity index (χ1v) is 7.44. The monoisotopic (exact) mass is 313 g/mol. The molecule has 0 saturated heterocycles. The fourth-order valence-corrected chi connectivity index (χ4v) is 2.87. The molecule has 1 N–H and O–H groups in total. The number of ether oxygens (including phenoxy) is 1. The van der Waals surface area contributed by atoms with Crippen LogP contribution in [-0.2, 0) is 10.0 Å². The van der Waals surface area contributed by atoms with Gasteiger partial charge in [0, 0.05) is 0 Å². The molecule has 0 amide bonds. The fourth-order valence-electron chi connectivity index (χ4n) is 1.73. The van der Waals surface area contributed by atoms with Gasteiger partial charge in [0.2, 0.25) is 0 Å². The molecule has 4 nitrogen and oxygen atoms in total. The summed E-state index contributed by atoms with van der Waals surface area (Å²) in [5, 5.41) is 0. The average Bonchev–Trinajstić information content (AvgIpc) is 2.43. The van der Waals surface area contributed by atoms with E-state index < -0.39 is 21.7 Å². The number of sulfonamides is 1. The summed E-state index contributed by atoms with van der Waals surface area (Å²) >= 11 is 0. The van der Waals surface area contributed by atoms with Gasteiger partial charge in [-0.2, -0.15) is 0 Å². The van der Waals surface area contributed by atoms with Gasteiger partial charge in [-0.3, -0.25) is 4.72 Å². The topological polar surface area (TPSA) is 55.4 Å². The second-order valence-corrected chi connectivity index (χ2v) is 6.04. The number of nitrogens with one attached hydrogen (secondary N) is 1. The molecule has 0 spiro atoms. The van der Waals surface area contributed by atoms with Gasteiger partial charge in [0.1, 0.15) is 5.75 Å². The molecular weight excluding hydrogens is 300 g/mol. The number of hydrogen-bond acceptors (Lipinski definition) is 3. The molecule has 7 heteroatoms. The summed E-state index contributed by atoms with van der Waals surface area (Å²) in [6.45, 7) is 1.70. The number of anilines is 1. The van der Waals surface area contributed by atoms with E-state index in [0.29, 0.717) is 23.1 Å². The fraction of sp³-hybridized carbons (Fsp3) is 0.143. The molecule has 112 valence electrons. The van der Waals surface area contributed by atoms with Crippen molar-refractivity contribution in [2.24, 2.45) is 0 Å². The maximum absolute atomic E-state index is 13.1. The summed E-state index contributed by atoms with van der Waals surface area (Å²) < 4.78 is 57.6. The quantitative estimate of drug-likeness (QED) is 0.944. The van der Waals surface area contributed by atoms with E-state index in [0.717, 1.165) is 12.1 Å². The van der Waals surface area contributed by atoms with Gasteiger partial charge >= 0.3 is 0 Å².